The summed E-state index contributed by atoms with van der Waals surface area (Å²) in [5.41, 5.74) is 1.09. The Hall–Kier alpha value is -2.44. The molecule has 0 fully saturated rings. The number of hydrogen-bond donors (Lipinski definition) is 2. The first kappa shape index (κ1) is 16.9. The first-order valence-electron chi connectivity index (χ1n) is 7.63. The molecule has 0 atom stereocenters. The molecule has 1 aromatic carbocycles. The first-order valence-corrected chi connectivity index (χ1v) is 7.63. The van der Waals surface area contributed by atoms with Crippen molar-refractivity contribution in [3.05, 3.63) is 23.8 Å². The van der Waals surface area contributed by atoms with Gasteiger partial charge in [-0.2, -0.15) is 0 Å². The molecule has 0 aromatic heterocycles. The molecule has 2 rings (SSSR count). The summed E-state index contributed by atoms with van der Waals surface area (Å²) >= 11 is 0. The number of guanidine groups is 1. The van der Waals surface area contributed by atoms with Crippen LogP contribution in [0.25, 0.3) is 0 Å². The van der Waals surface area contributed by atoms with E-state index in [1.807, 2.05) is 18.2 Å². The molecule has 0 saturated heterocycles. The molecule has 1 aliphatic heterocycles. The van der Waals surface area contributed by atoms with E-state index in [0.29, 0.717) is 13.0 Å². The molecule has 1 heterocycles. The Bertz CT molecular complexity index is 560. The molecular formula is C16H23N3O4. The summed E-state index contributed by atoms with van der Waals surface area (Å²) in [5.74, 6) is 2.10. The van der Waals surface area contributed by atoms with Gasteiger partial charge in [0, 0.05) is 26.6 Å². The third kappa shape index (κ3) is 5.36. The molecule has 0 bridgehead atoms. The van der Waals surface area contributed by atoms with Gasteiger partial charge in [0.2, 0.25) is 6.79 Å². The predicted octanol–water partition coefficient (Wildman–Crippen LogP) is 1.42. The lowest BCUT2D eigenvalue weighted by Gasteiger charge is -2.12. The minimum atomic E-state index is -0.171. The van der Waals surface area contributed by atoms with Crippen LogP contribution in [0.2, 0.25) is 0 Å². The summed E-state index contributed by atoms with van der Waals surface area (Å²) in [4.78, 5) is 15.2. The highest BCUT2D eigenvalue weighted by molar-refractivity contribution is 5.79. The Kier molecular flexibility index (Phi) is 6.53. The highest BCUT2D eigenvalue weighted by Crippen LogP contribution is 2.32. The number of carbonyl (C=O) groups is 1. The Labute approximate surface area is 136 Å². The molecule has 0 spiro atoms. The summed E-state index contributed by atoms with van der Waals surface area (Å²) in [7, 11) is 3.13. The van der Waals surface area contributed by atoms with Gasteiger partial charge >= 0.3 is 5.97 Å². The van der Waals surface area contributed by atoms with E-state index in [0.717, 1.165) is 42.4 Å². The molecule has 7 nitrogen and oxygen atoms in total. The minimum Gasteiger partial charge on any atom is -0.469 e. The van der Waals surface area contributed by atoms with Crippen LogP contribution in [0, 0.1) is 0 Å². The first-order chi connectivity index (χ1) is 11.2. The van der Waals surface area contributed by atoms with Crippen molar-refractivity contribution in [2.45, 2.75) is 25.8 Å². The number of carbonyl (C=O) groups excluding carboxylic acids is 1. The van der Waals surface area contributed by atoms with Gasteiger partial charge in [-0.3, -0.25) is 9.79 Å². The van der Waals surface area contributed by atoms with Crippen molar-refractivity contribution in [1.29, 1.82) is 0 Å². The van der Waals surface area contributed by atoms with Gasteiger partial charge in [-0.1, -0.05) is 6.07 Å². The fourth-order valence-electron chi connectivity index (χ4n) is 2.16. The second-order valence-corrected chi connectivity index (χ2v) is 5.07. The quantitative estimate of drug-likeness (QED) is 0.342. The van der Waals surface area contributed by atoms with E-state index >= 15 is 0 Å². The van der Waals surface area contributed by atoms with Gasteiger partial charge in [0.05, 0.1) is 7.11 Å². The maximum atomic E-state index is 11.0. The van der Waals surface area contributed by atoms with Crippen LogP contribution in [0.3, 0.4) is 0 Å². The number of aliphatic imine (C=N–C) groups is 1. The number of esters is 1. The molecule has 0 amide bonds. The number of nitrogens with zero attached hydrogens (tertiary/aromatic N) is 1. The van der Waals surface area contributed by atoms with Gasteiger partial charge in [0.1, 0.15) is 0 Å². The molecule has 0 aliphatic carbocycles. The van der Waals surface area contributed by atoms with Crippen LogP contribution in [-0.2, 0) is 16.1 Å². The normalized spacial score (nSPS) is 12.9. The second-order valence-electron chi connectivity index (χ2n) is 5.07. The number of nitrogens with one attached hydrogen (secondary N) is 2. The summed E-state index contributed by atoms with van der Waals surface area (Å²) in [5, 5.41) is 6.45. The van der Waals surface area contributed by atoms with Crippen LogP contribution in [0.4, 0.5) is 0 Å². The fraction of sp³-hybridized carbons (Fsp3) is 0.500. The predicted molar refractivity (Wildman–Crippen MR) is 86.6 cm³/mol. The van der Waals surface area contributed by atoms with Crippen molar-refractivity contribution in [3.63, 3.8) is 0 Å². The van der Waals surface area contributed by atoms with Crippen LogP contribution in [0.15, 0.2) is 23.2 Å². The maximum Gasteiger partial charge on any atom is 0.305 e. The largest absolute Gasteiger partial charge is 0.469 e. The lowest BCUT2D eigenvalue weighted by Crippen LogP contribution is -2.37. The number of hydrogen-bond acceptors (Lipinski definition) is 5. The van der Waals surface area contributed by atoms with E-state index in [1.165, 1.54) is 7.11 Å². The number of methoxy groups -OCH3 is 1. The van der Waals surface area contributed by atoms with E-state index in [1.54, 1.807) is 7.05 Å². The van der Waals surface area contributed by atoms with E-state index in [9.17, 15) is 4.79 Å². The van der Waals surface area contributed by atoms with Gasteiger partial charge in [0.15, 0.2) is 17.5 Å². The highest BCUT2D eigenvalue weighted by atomic mass is 16.7. The van der Waals surface area contributed by atoms with Crippen molar-refractivity contribution in [2.24, 2.45) is 4.99 Å². The SMILES string of the molecule is CN=C(NCCCCC(=O)OC)NCc1ccc2c(c1)OCO2. The molecule has 7 heteroatoms. The molecular weight excluding hydrogens is 298 g/mol. The number of rotatable bonds is 7. The average molecular weight is 321 g/mol. The third-order valence-corrected chi connectivity index (χ3v) is 3.45. The van der Waals surface area contributed by atoms with E-state index in [4.69, 9.17) is 9.47 Å². The van der Waals surface area contributed by atoms with Crippen molar-refractivity contribution >= 4 is 11.9 Å². The lowest BCUT2D eigenvalue weighted by molar-refractivity contribution is -0.140. The van der Waals surface area contributed by atoms with Gasteiger partial charge in [-0.15, -0.1) is 0 Å². The van der Waals surface area contributed by atoms with E-state index in [2.05, 4.69) is 20.4 Å². The smallest absolute Gasteiger partial charge is 0.305 e. The third-order valence-electron chi connectivity index (χ3n) is 3.45. The standard InChI is InChI=1S/C16H23N3O4/c1-17-16(18-8-4-3-5-15(20)21-2)19-10-12-6-7-13-14(9-12)23-11-22-13/h6-7,9H,3-5,8,10-11H2,1-2H3,(H2,17,18,19). The second kappa shape index (κ2) is 8.87. The monoisotopic (exact) mass is 321 g/mol. The summed E-state index contributed by atoms with van der Waals surface area (Å²) in [6.07, 6.45) is 2.11. The van der Waals surface area contributed by atoms with Crippen molar-refractivity contribution in [1.82, 2.24) is 10.6 Å². The van der Waals surface area contributed by atoms with Crippen LogP contribution in [0.1, 0.15) is 24.8 Å². The average Bonchev–Trinajstić information content (AvgIpc) is 3.04. The zero-order chi connectivity index (χ0) is 16.5. The zero-order valence-corrected chi connectivity index (χ0v) is 13.6. The van der Waals surface area contributed by atoms with Gasteiger partial charge < -0.3 is 24.8 Å². The minimum absolute atomic E-state index is 0.171. The van der Waals surface area contributed by atoms with Crippen LogP contribution in [-0.4, -0.2) is 39.4 Å². The number of unbranched alkanes of at least 4 members (excludes halogenated alkanes) is 1. The van der Waals surface area contributed by atoms with Crippen LogP contribution >= 0.6 is 0 Å². The maximum absolute atomic E-state index is 11.0. The fourth-order valence-corrected chi connectivity index (χ4v) is 2.16. The molecule has 0 unspecified atom stereocenters. The topological polar surface area (TPSA) is 81.2 Å². The Balaban J connectivity index is 1.68. The summed E-state index contributed by atoms with van der Waals surface area (Å²) < 4.78 is 15.3. The van der Waals surface area contributed by atoms with Gasteiger partial charge in [-0.25, -0.2) is 0 Å². The molecule has 1 aliphatic rings. The summed E-state index contributed by atoms with van der Waals surface area (Å²) in [6, 6.07) is 5.85. The number of fused-ring (bicyclic) bond motifs is 1. The number of benzene rings is 1. The number of ether oxygens (including phenoxy) is 3. The summed E-state index contributed by atoms with van der Waals surface area (Å²) in [6.45, 7) is 1.66. The Morgan fingerprint density at radius 3 is 2.87 bits per heavy atom. The highest BCUT2D eigenvalue weighted by Gasteiger charge is 2.13. The molecule has 0 saturated carbocycles. The van der Waals surface area contributed by atoms with Gasteiger partial charge in [0.25, 0.3) is 0 Å². The zero-order valence-electron chi connectivity index (χ0n) is 13.6. The lowest BCUT2D eigenvalue weighted by atomic mass is 10.2. The van der Waals surface area contributed by atoms with Crippen molar-refractivity contribution < 1.29 is 19.0 Å². The molecule has 23 heavy (non-hydrogen) atoms. The van der Waals surface area contributed by atoms with Crippen LogP contribution in [0.5, 0.6) is 11.5 Å². The van der Waals surface area contributed by atoms with Crippen molar-refractivity contribution in [2.75, 3.05) is 27.5 Å². The van der Waals surface area contributed by atoms with E-state index < -0.39 is 0 Å². The molecule has 2 N–H and O–H groups in total. The molecule has 0 radical (unpaired) electrons. The van der Waals surface area contributed by atoms with Gasteiger partial charge in [-0.05, 0) is 30.5 Å². The van der Waals surface area contributed by atoms with E-state index in [-0.39, 0.29) is 12.8 Å². The van der Waals surface area contributed by atoms with Crippen molar-refractivity contribution in [3.8, 4) is 11.5 Å². The molecule has 1 aromatic rings. The van der Waals surface area contributed by atoms with Crippen LogP contribution < -0.4 is 20.1 Å². The molecule has 126 valence electrons. The Morgan fingerprint density at radius 2 is 2.09 bits per heavy atom. The Morgan fingerprint density at radius 1 is 1.26 bits per heavy atom.